The Bertz CT molecular complexity index is 1280. The minimum absolute atomic E-state index is 0.00517. The number of hydrogen-bond acceptors (Lipinski definition) is 6. The number of aromatic nitrogens is 2. The number of fused-ring (bicyclic) bond motifs is 1. The van der Waals surface area contributed by atoms with Crippen LogP contribution < -0.4 is 14.4 Å². The highest BCUT2D eigenvalue weighted by atomic mass is 16.5. The molecule has 34 heavy (non-hydrogen) atoms. The Morgan fingerprint density at radius 1 is 0.853 bits per heavy atom. The van der Waals surface area contributed by atoms with E-state index in [1.807, 2.05) is 71.6 Å². The first-order valence-electron chi connectivity index (χ1n) is 11.3. The Labute approximate surface area is 198 Å². The Morgan fingerprint density at radius 3 is 2.35 bits per heavy atom. The summed E-state index contributed by atoms with van der Waals surface area (Å²) in [7, 11) is 1.65. The minimum Gasteiger partial charge on any atom is -0.497 e. The Morgan fingerprint density at radius 2 is 1.59 bits per heavy atom. The molecule has 1 aliphatic heterocycles. The molecule has 7 heteroatoms. The minimum atomic E-state index is -0.00517. The molecule has 0 N–H and O–H groups in total. The molecule has 172 valence electrons. The molecule has 7 nitrogen and oxygen atoms in total. The van der Waals surface area contributed by atoms with Crippen molar-refractivity contribution in [2.45, 2.75) is 0 Å². The van der Waals surface area contributed by atoms with Crippen LogP contribution in [0.5, 0.6) is 11.5 Å². The smallest absolute Gasteiger partial charge is 0.260 e. The molecule has 0 atom stereocenters. The normalized spacial score (nSPS) is 13.7. The van der Waals surface area contributed by atoms with E-state index in [0.717, 1.165) is 33.6 Å². The molecular formula is C27H26N4O3. The van der Waals surface area contributed by atoms with Gasteiger partial charge in [0, 0.05) is 37.8 Å². The molecule has 1 aliphatic rings. The number of rotatable bonds is 6. The van der Waals surface area contributed by atoms with Gasteiger partial charge >= 0.3 is 0 Å². The van der Waals surface area contributed by atoms with Crippen molar-refractivity contribution in [2.24, 2.45) is 0 Å². The van der Waals surface area contributed by atoms with Gasteiger partial charge < -0.3 is 19.3 Å². The Kier molecular flexibility index (Phi) is 6.25. The van der Waals surface area contributed by atoms with E-state index in [4.69, 9.17) is 9.47 Å². The summed E-state index contributed by atoms with van der Waals surface area (Å²) in [6.45, 7) is 2.71. The van der Waals surface area contributed by atoms with Gasteiger partial charge in [-0.25, -0.2) is 9.97 Å². The van der Waals surface area contributed by atoms with Crippen LogP contribution in [0.2, 0.25) is 0 Å². The fourth-order valence-corrected chi connectivity index (χ4v) is 4.12. The summed E-state index contributed by atoms with van der Waals surface area (Å²) in [6.07, 6.45) is 1.59. The molecule has 0 bridgehead atoms. The van der Waals surface area contributed by atoms with E-state index in [-0.39, 0.29) is 12.5 Å². The van der Waals surface area contributed by atoms with Crippen molar-refractivity contribution in [1.82, 2.24) is 14.9 Å². The van der Waals surface area contributed by atoms with Crippen LogP contribution in [0.4, 0.5) is 5.82 Å². The average molecular weight is 455 g/mol. The number of amides is 1. The maximum atomic E-state index is 12.7. The Balaban J connectivity index is 1.17. The van der Waals surface area contributed by atoms with Gasteiger partial charge in [0.15, 0.2) is 6.61 Å². The van der Waals surface area contributed by atoms with E-state index in [1.54, 1.807) is 13.4 Å². The lowest BCUT2D eigenvalue weighted by atomic mass is 10.1. The second kappa shape index (κ2) is 9.79. The monoisotopic (exact) mass is 454 g/mol. The lowest BCUT2D eigenvalue weighted by Crippen LogP contribution is -2.50. The largest absolute Gasteiger partial charge is 0.497 e. The molecule has 0 unspecified atom stereocenters. The van der Waals surface area contributed by atoms with Crippen LogP contribution in [-0.4, -0.2) is 60.7 Å². The molecule has 1 saturated heterocycles. The van der Waals surface area contributed by atoms with Crippen molar-refractivity contribution < 1.29 is 14.3 Å². The third kappa shape index (κ3) is 4.78. The first kappa shape index (κ1) is 21.7. The van der Waals surface area contributed by atoms with Gasteiger partial charge in [-0.3, -0.25) is 4.79 Å². The summed E-state index contributed by atoms with van der Waals surface area (Å²) in [5.41, 5.74) is 1.86. The highest BCUT2D eigenvalue weighted by molar-refractivity contribution is 5.84. The zero-order valence-electron chi connectivity index (χ0n) is 19.1. The Hall–Kier alpha value is -4.13. The van der Waals surface area contributed by atoms with Gasteiger partial charge in [0.05, 0.1) is 12.8 Å². The highest BCUT2D eigenvalue weighted by Crippen LogP contribution is 2.24. The first-order chi connectivity index (χ1) is 16.7. The molecule has 0 spiro atoms. The lowest BCUT2D eigenvalue weighted by Gasteiger charge is -2.35. The average Bonchev–Trinajstić information content (AvgIpc) is 2.92. The van der Waals surface area contributed by atoms with Crippen molar-refractivity contribution >= 4 is 22.5 Å². The number of carbonyl (C=O) groups excluding carboxylic acids is 1. The SMILES string of the molecule is COc1ccc(-c2cc(N3CCN(C(=O)COc4ccc5ccccc5c4)CC3)ncn2)cc1. The summed E-state index contributed by atoms with van der Waals surface area (Å²) in [4.78, 5) is 25.6. The van der Waals surface area contributed by atoms with Crippen LogP contribution in [0.3, 0.4) is 0 Å². The molecular weight excluding hydrogens is 428 g/mol. The molecule has 0 saturated carbocycles. The fourth-order valence-electron chi connectivity index (χ4n) is 4.12. The second-order valence-corrected chi connectivity index (χ2v) is 8.16. The molecule has 1 aromatic heterocycles. The van der Waals surface area contributed by atoms with E-state index in [0.29, 0.717) is 31.9 Å². The summed E-state index contributed by atoms with van der Waals surface area (Å²) >= 11 is 0. The van der Waals surface area contributed by atoms with Gasteiger partial charge in [0.25, 0.3) is 5.91 Å². The van der Waals surface area contributed by atoms with E-state index >= 15 is 0 Å². The number of nitrogens with zero attached hydrogens (tertiary/aromatic N) is 4. The molecule has 0 aliphatic carbocycles. The predicted octanol–water partition coefficient (Wildman–Crippen LogP) is 4.03. The number of hydrogen-bond donors (Lipinski definition) is 0. The van der Waals surface area contributed by atoms with Crippen LogP contribution in [0.1, 0.15) is 0 Å². The predicted molar refractivity (Wildman–Crippen MR) is 132 cm³/mol. The van der Waals surface area contributed by atoms with Crippen molar-refractivity contribution in [3.05, 3.63) is 79.1 Å². The quantitative estimate of drug-likeness (QED) is 0.438. The second-order valence-electron chi connectivity index (χ2n) is 8.16. The van der Waals surface area contributed by atoms with Crippen LogP contribution in [0.15, 0.2) is 79.1 Å². The third-order valence-electron chi connectivity index (χ3n) is 6.08. The van der Waals surface area contributed by atoms with Gasteiger partial charge in [-0.1, -0.05) is 30.3 Å². The van der Waals surface area contributed by atoms with Gasteiger partial charge in [-0.05, 0) is 47.2 Å². The molecule has 2 heterocycles. The van der Waals surface area contributed by atoms with E-state index in [1.165, 1.54) is 0 Å². The number of anilines is 1. The van der Waals surface area contributed by atoms with Crippen molar-refractivity contribution in [3.63, 3.8) is 0 Å². The molecule has 5 rings (SSSR count). The standard InChI is InChI=1S/C27H26N4O3/c1-33-23-9-7-21(8-10-23)25-17-26(29-19-28-25)30-12-14-31(15-13-30)27(32)18-34-24-11-6-20-4-2-3-5-22(20)16-24/h2-11,16-17,19H,12-15,18H2,1H3. The number of piperazine rings is 1. The number of benzene rings is 3. The zero-order chi connectivity index (χ0) is 23.3. The van der Waals surface area contributed by atoms with Crippen molar-refractivity contribution in [3.8, 4) is 22.8 Å². The fraction of sp³-hybridized carbons (Fsp3) is 0.222. The van der Waals surface area contributed by atoms with Crippen LogP contribution in [-0.2, 0) is 4.79 Å². The number of carbonyl (C=O) groups is 1. The van der Waals surface area contributed by atoms with Gasteiger partial charge in [-0.2, -0.15) is 0 Å². The summed E-state index contributed by atoms with van der Waals surface area (Å²) in [5.74, 6) is 2.37. The van der Waals surface area contributed by atoms with E-state index in [2.05, 4.69) is 20.9 Å². The number of methoxy groups -OCH3 is 1. The van der Waals surface area contributed by atoms with Crippen LogP contribution >= 0.6 is 0 Å². The maximum Gasteiger partial charge on any atom is 0.260 e. The first-order valence-corrected chi connectivity index (χ1v) is 11.3. The van der Waals surface area contributed by atoms with Gasteiger partial charge in [0.2, 0.25) is 0 Å². The van der Waals surface area contributed by atoms with E-state index < -0.39 is 0 Å². The van der Waals surface area contributed by atoms with Crippen molar-refractivity contribution in [1.29, 1.82) is 0 Å². The summed E-state index contributed by atoms with van der Waals surface area (Å²) in [5, 5.41) is 2.25. The van der Waals surface area contributed by atoms with Crippen LogP contribution in [0.25, 0.3) is 22.0 Å². The summed E-state index contributed by atoms with van der Waals surface area (Å²) in [6, 6.07) is 23.8. The molecule has 4 aromatic rings. The van der Waals surface area contributed by atoms with Gasteiger partial charge in [0.1, 0.15) is 23.6 Å². The molecule has 1 fully saturated rings. The number of ether oxygens (including phenoxy) is 2. The topological polar surface area (TPSA) is 67.8 Å². The van der Waals surface area contributed by atoms with Crippen molar-refractivity contribution in [2.75, 3.05) is 44.8 Å². The maximum absolute atomic E-state index is 12.7. The molecule has 0 radical (unpaired) electrons. The molecule has 1 amide bonds. The van der Waals surface area contributed by atoms with E-state index in [9.17, 15) is 4.79 Å². The third-order valence-corrected chi connectivity index (χ3v) is 6.08. The zero-order valence-corrected chi connectivity index (χ0v) is 19.1. The highest BCUT2D eigenvalue weighted by Gasteiger charge is 2.22. The lowest BCUT2D eigenvalue weighted by molar-refractivity contribution is -0.133. The van der Waals surface area contributed by atoms with Gasteiger partial charge in [-0.15, -0.1) is 0 Å². The van der Waals surface area contributed by atoms with Crippen LogP contribution in [0, 0.1) is 0 Å². The summed E-state index contributed by atoms with van der Waals surface area (Å²) < 4.78 is 11.0. The molecule has 3 aromatic carbocycles.